The van der Waals surface area contributed by atoms with Crippen LogP contribution in [0.3, 0.4) is 0 Å². The second-order valence-corrected chi connectivity index (χ2v) is 9.57. The molecular weight excluding hydrogens is 420 g/mol. The Kier molecular flexibility index (Phi) is 5.54. The standard InChI is InChI=1S/C23H21ClN2O3S/c1-16-13-19-14-18(23(27)25-15-17-5-3-2-4-6-17)7-12-22(19)26(16)30(28,29)21-10-8-20(24)9-11-21/h2-12,14,16H,13,15H2,1H3,(H,25,27)/t16-/m1/s1. The Balaban J connectivity index is 1.57. The SMILES string of the molecule is C[C@@H]1Cc2cc(C(=O)NCc3ccccc3)ccc2N1S(=O)(=O)c1ccc(Cl)cc1. The molecule has 1 N–H and O–H groups in total. The smallest absolute Gasteiger partial charge is 0.264 e. The van der Waals surface area contributed by atoms with Crippen molar-refractivity contribution in [2.75, 3.05) is 4.31 Å². The minimum absolute atomic E-state index is 0.187. The van der Waals surface area contributed by atoms with E-state index in [0.29, 0.717) is 29.2 Å². The minimum Gasteiger partial charge on any atom is -0.348 e. The molecule has 1 amide bonds. The molecule has 5 nitrogen and oxygen atoms in total. The van der Waals surface area contributed by atoms with Crippen molar-refractivity contribution in [1.82, 2.24) is 5.32 Å². The lowest BCUT2D eigenvalue weighted by Gasteiger charge is -2.24. The fourth-order valence-electron chi connectivity index (χ4n) is 3.71. The summed E-state index contributed by atoms with van der Waals surface area (Å²) in [6.45, 7) is 2.30. The zero-order chi connectivity index (χ0) is 21.3. The molecule has 1 heterocycles. The summed E-state index contributed by atoms with van der Waals surface area (Å²) in [5.74, 6) is -0.187. The summed E-state index contributed by atoms with van der Waals surface area (Å²) in [6.07, 6.45) is 0.544. The van der Waals surface area contributed by atoms with Gasteiger partial charge in [0.15, 0.2) is 0 Å². The summed E-state index contributed by atoms with van der Waals surface area (Å²) in [5.41, 5.74) is 2.98. The third kappa shape index (κ3) is 3.93. The zero-order valence-electron chi connectivity index (χ0n) is 16.4. The fraction of sp³-hybridized carbons (Fsp3) is 0.174. The van der Waals surface area contributed by atoms with Gasteiger partial charge in [0.05, 0.1) is 10.6 Å². The molecule has 30 heavy (non-hydrogen) atoms. The van der Waals surface area contributed by atoms with Crippen LogP contribution in [-0.2, 0) is 23.0 Å². The molecule has 0 fully saturated rings. The van der Waals surface area contributed by atoms with Gasteiger partial charge in [-0.25, -0.2) is 8.42 Å². The van der Waals surface area contributed by atoms with Crippen LogP contribution in [0.1, 0.15) is 28.4 Å². The lowest BCUT2D eigenvalue weighted by molar-refractivity contribution is 0.0951. The Hall–Kier alpha value is -2.83. The number of nitrogens with zero attached hydrogens (tertiary/aromatic N) is 1. The van der Waals surface area contributed by atoms with E-state index in [-0.39, 0.29) is 16.8 Å². The first-order chi connectivity index (χ1) is 14.4. The molecule has 0 unspecified atom stereocenters. The number of hydrogen-bond acceptors (Lipinski definition) is 3. The largest absolute Gasteiger partial charge is 0.348 e. The second kappa shape index (κ2) is 8.13. The van der Waals surface area contributed by atoms with Crippen LogP contribution in [0.5, 0.6) is 0 Å². The van der Waals surface area contributed by atoms with E-state index in [0.717, 1.165) is 11.1 Å². The predicted octanol–water partition coefficient (Wildman–Crippen LogP) is 4.41. The van der Waals surface area contributed by atoms with Crippen LogP contribution in [0.4, 0.5) is 5.69 Å². The van der Waals surface area contributed by atoms with Crippen molar-refractivity contribution >= 4 is 33.2 Å². The number of anilines is 1. The average Bonchev–Trinajstić information content (AvgIpc) is 3.08. The highest BCUT2D eigenvalue weighted by atomic mass is 35.5. The molecule has 1 aliphatic heterocycles. The molecule has 0 radical (unpaired) electrons. The Morgan fingerprint density at radius 1 is 1.07 bits per heavy atom. The number of carbonyl (C=O) groups is 1. The number of amides is 1. The molecule has 7 heteroatoms. The van der Waals surface area contributed by atoms with Crippen molar-refractivity contribution in [3.63, 3.8) is 0 Å². The van der Waals surface area contributed by atoms with Crippen LogP contribution < -0.4 is 9.62 Å². The Bertz CT molecular complexity index is 1180. The Morgan fingerprint density at radius 3 is 2.47 bits per heavy atom. The quantitative estimate of drug-likeness (QED) is 0.639. The predicted molar refractivity (Wildman–Crippen MR) is 118 cm³/mol. The Labute approximate surface area is 181 Å². The summed E-state index contributed by atoms with van der Waals surface area (Å²) >= 11 is 5.90. The molecule has 0 saturated heterocycles. The van der Waals surface area contributed by atoms with Crippen molar-refractivity contribution in [3.05, 3.63) is 94.5 Å². The summed E-state index contributed by atoms with van der Waals surface area (Å²) in [7, 11) is -3.72. The normalized spacial score (nSPS) is 15.7. The maximum absolute atomic E-state index is 13.2. The molecule has 0 saturated carbocycles. The molecular formula is C23H21ClN2O3S. The first kappa shape index (κ1) is 20.4. The van der Waals surface area contributed by atoms with E-state index in [9.17, 15) is 13.2 Å². The van der Waals surface area contributed by atoms with Crippen LogP contribution >= 0.6 is 11.6 Å². The third-order valence-electron chi connectivity index (χ3n) is 5.16. The van der Waals surface area contributed by atoms with Gasteiger partial charge in [-0.15, -0.1) is 0 Å². The minimum atomic E-state index is -3.72. The summed E-state index contributed by atoms with van der Waals surface area (Å²) < 4.78 is 27.8. The average molecular weight is 441 g/mol. The first-order valence-corrected chi connectivity index (χ1v) is 11.4. The highest BCUT2D eigenvalue weighted by molar-refractivity contribution is 7.92. The van der Waals surface area contributed by atoms with Crippen LogP contribution in [0, 0.1) is 0 Å². The van der Waals surface area contributed by atoms with Gasteiger partial charge in [-0.05, 0) is 66.9 Å². The molecule has 3 aromatic carbocycles. The van der Waals surface area contributed by atoms with Crippen LogP contribution in [-0.4, -0.2) is 20.4 Å². The number of benzene rings is 3. The van der Waals surface area contributed by atoms with Crippen molar-refractivity contribution in [2.24, 2.45) is 0 Å². The molecule has 0 aromatic heterocycles. The topological polar surface area (TPSA) is 66.5 Å². The molecule has 0 spiro atoms. The van der Waals surface area contributed by atoms with Crippen LogP contribution in [0.25, 0.3) is 0 Å². The maximum Gasteiger partial charge on any atom is 0.264 e. The molecule has 1 aliphatic rings. The molecule has 3 aromatic rings. The van der Waals surface area contributed by atoms with Crippen molar-refractivity contribution in [2.45, 2.75) is 30.8 Å². The number of fused-ring (bicyclic) bond motifs is 1. The zero-order valence-corrected chi connectivity index (χ0v) is 18.0. The second-order valence-electron chi connectivity index (χ2n) is 7.32. The van der Waals surface area contributed by atoms with E-state index in [4.69, 9.17) is 11.6 Å². The molecule has 1 atom stereocenters. The van der Waals surface area contributed by atoms with E-state index >= 15 is 0 Å². The van der Waals surface area contributed by atoms with E-state index < -0.39 is 10.0 Å². The van der Waals surface area contributed by atoms with E-state index in [1.165, 1.54) is 16.4 Å². The molecule has 0 aliphatic carbocycles. The van der Waals surface area contributed by atoms with Gasteiger partial charge in [-0.3, -0.25) is 9.10 Å². The summed E-state index contributed by atoms with van der Waals surface area (Å²) in [5, 5.41) is 3.39. The van der Waals surface area contributed by atoms with E-state index in [1.54, 1.807) is 30.3 Å². The monoisotopic (exact) mass is 440 g/mol. The fourth-order valence-corrected chi connectivity index (χ4v) is 5.53. The number of carbonyl (C=O) groups excluding carboxylic acids is 1. The number of rotatable bonds is 5. The van der Waals surface area contributed by atoms with E-state index in [1.807, 2.05) is 37.3 Å². The molecule has 154 valence electrons. The van der Waals surface area contributed by atoms with Gasteiger partial charge in [-0.1, -0.05) is 41.9 Å². The summed E-state index contributed by atoms with van der Waals surface area (Å²) in [4.78, 5) is 12.8. The summed E-state index contributed by atoms with van der Waals surface area (Å²) in [6, 6.07) is 20.7. The van der Waals surface area contributed by atoms with Gasteiger partial charge in [0.1, 0.15) is 0 Å². The van der Waals surface area contributed by atoms with Gasteiger partial charge in [-0.2, -0.15) is 0 Å². The van der Waals surface area contributed by atoms with Gasteiger partial charge in [0.2, 0.25) is 0 Å². The lowest BCUT2D eigenvalue weighted by Crippen LogP contribution is -2.35. The molecule has 4 rings (SSSR count). The Morgan fingerprint density at radius 2 is 1.77 bits per heavy atom. The van der Waals surface area contributed by atoms with Gasteiger partial charge in [0.25, 0.3) is 15.9 Å². The number of nitrogens with one attached hydrogen (secondary N) is 1. The highest BCUT2D eigenvalue weighted by Crippen LogP contribution is 2.37. The highest BCUT2D eigenvalue weighted by Gasteiger charge is 2.36. The number of halogens is 1. The maximum atomic E-state index is 13.2. The van der Waals surface area contributed by atoms with Crippen LogP contribution in [0.2, 0.25) is 5.02 Å². The number of sulfonamides is 1. The lowest BCUT2D eigenvalue weighted by atomic mass is 10.1. The van der Waals surface area contributed by atoms with Crippen molar-refractivity contribution in [1.29, 1.82) is 0 Å². The van der Waals surface area contributed by atoms with Crippen molar-refractivity contribution in [3.8, 4) is 0 Å². The van der Waals surface area contributed by atoms with Crippen LogP contribution in [0.15, 0.2) is 77.7 Å². The number of hydrogen-bond donors (Lipinski definition) is 1. The van der Waals surface area contributed by atoms with Gasteiger partial charge < -0.3 is 5.32 Å². The van der Waals surface area contributed by atoms with Crippen molar-refractivity contribution < 1.29 is 13.2 Å². The van der Waals surface area contributed by atoms with Gasteiger partial charge >= 0.3 is 0 Å². The first-order valence-electron chi connectivity index (χ1n) is 9.61. The van der Waals surface area contributed by atoms with E-state index in [2.05, 4.69) is 5.32 Å². The van der Waals surface area contributed by atoms with Gasteiger partial charge in [0, 0.05) is 23.2 Å². The third-order valence-corrected chi connectivity index (χ3v) is 7.36. The molecule has 0 bridgehead atoms.